The lowest BCUT2D eigenvalue weighted by atomic mass is 10.0. The molecule has 0 aliphatic rings. The van der Waals surface area contributed by atoms with Crippen LogP contribution in [0.5, 0.6) is 5.75 Å². The van der Waals surface area contributed by atoms with Crippen LogP contribution in [0.25, 0.3) is 32.8 Å². The van der Waals surface area contributed by atoms with Crippen LogP contribution in [0.15, 0.2) is 60.9 Å². The Hall–Kier alpha value is -4.37. The molecule has 170 valence electrons. The number of carbonyl (C=O) groups is 2. The summed E-state index contributed by atoms with van der Waals surface area (Å²) in [5, 5.41) is 19.9. The molecule has 3 heterocycles. The molecular weight excluding hydrogens is 452 g/mol. The fraction of sp³-hybridized carbons (Fsp3) is 0.0800. The number of aromatic nitrogens is 3. The van der Waals surface area contributed by atoms with Crippen LogP contribution in [-0.4, -0.2) is 36.2 Å². The number of thiophene rings is 1. The number of hydrogen-bond donors (Lipinski definition) is 3. The number of hydrogen-bond acceptors (Lipinski definition) is 5. The molecule has 5 aromatic rings. The number of nitrogens with zero attached hydrogens (tertiary/aromatic N) is 3. The van der Waals surface area contributed by atoms with E-state index in [2.05, 4.69) is 11.1 Å². The van der Waals surface area contributed by atoms with Crippen LogP contribution in [0.1, 0.15) is 31.4 Å². The molecule has 9 heteroatoms. The lowest BCUT2D eigenvalue weighted by molar-refractivity contribution is 0.0702. The minimum absolute atomic E-state index is 0.0153. The fourth-order valence-electron chi connectivity index (χ4n) is 4.18. The maximum atomic E-state index is 11.6. The van der Waals surface area contributed by atoms with Gasteiger partial charge in [-0.25, -0.2) is 9.78 Å². The zero-order valence-corrected chi connectivity index (χ0v) is 19.1. The van der Waals surface area contributed by atoms with Gasteiger partial charge in [0.15, 0.2) is 0 Å². The standard InChI is InChI=1S/C25H20N4O4S/c1-13-9-15(28-8-7-27-14(28)2)3-5-17(13)19-11-22-20(12-23(34-22)25(32)33)29(19)16-4-6-18(24(26)31)21(30)10-16/h3-12,30H,1-2H3,(H2,26,31)(H,32,33). The fourth-order valence-corrected chi connectivity index (χ4v) is 5.10. The van der Waals surface area contributed by atoms with Crippen LogP contribution < -0.4 is 5.73 Å². The smallest absolute Gasteiger partial charge is 0.345 e. The Labute approximate surface area is 198 Å². The van der Waals surface area contributed by atoms with E-state index >= 15 is 0 Å². The second-order valence-electron chi connectivity index (χ2n) is 7.94. The molecule has 0 fully saturated rings. The van der Waals surface area contributed by atoms with Gasteiger partial charge < -0.3 is 25.1 Å². The van der Waals surface area contributed by atoms with Gasteiger partial charge in [0.1, 0.15) is 16.5 Å². The van der Waals surface area contributed by atoms with E-state index in [0.717, 1.165) is 33.0 Å². The highest BCUT2D eigenvalue weighted by atomic mass is 32.1. The summed E-state index contributed by atoms with van der Waals surface area (Å²) in [6, 6.07) is 14.2. The molecule has 0 unspecified atom stereocenters. The molecule has 0 spiro atoms. The van der Waals surface area contributed by atoms with Crippen LogP contribution in [0.3, 0.4) is 0 Å². The summed E-state index contributed by atoms with van der Waals surface area (Å²) in [5.41, 5.74) is 10.4. The first kappa shape index (κ1) is 21.5. The van der Waals surface area contributed by atoms with Crippen LogP contribution in [-0.2, 0) is 0 Å². The van der Waals surface area contributed by atoms with E-state index < -0.39 is 11.9 Å². The van der Waals surface area contributed by atoms with Gasteiger partial charge in [0.05, 0.1) is 21.5 Å². The van der Waals surface area contributed by atoms with E-state index in [-0.39, 0.29) is 16.2 Å². The molecule has 5 rings (SSSR count). The average Bonchev–Trinajstić information content (AvgIpc) is 3.47. The highest BCUT2D eigenvalue weighted by Crippen LogP contribution is 2.38. The van der Waals surface area contributed by atoms with Crippen molar-refractivity contribution in [1.82, 2.24) is 14.1 Å². The third-order valence-electron chi connectivity index (χ3n) is 5.80. The van der Waals surface area contributed by atoms with Crippen molar-refractivity contribution in [2.75, 3.05) is 0 Å². The topological polar surface area (TPSA) is 123 Å². The van der Waals surface area contributed by atoms with Gasteiger partial charge in [-0.2, -0.15) is 0 Å². The number of carbonyl (C=O) groups excluding carboxylic acids is 1. The summed E-state index contributed by atoms with van der Waals surface area (Å²) in [6.45, 7) is 3.94. The zero-order chi connectivity index (χ0) is 24.1. The number of fused-ring (bicyclic) bond motifs is 1. The number of benzene rings is 2. The van der Waals surface area contributed by atoms with Crippen LogP contribution in [0.2, 0.25) is 0 Å². The van der Waals surface area contributed by atoms with Crippen molar-refractivity contribution in [3.8, 4) is 28.4 Å². The predicted octanol–water partition coefficient (Wildman–Crippen LogP) is 4.66. The maximum absolute atomic E-state index is 11.6. The largest absolute Gasteiger partial charge is 0.507 e. The van der Waals surface area contributed by atoms with Gasteiger partial charge in [-0.3, -0.25) is 4.79 Å². The Balaban J connectivity index is 1.73. The van der Waals surface area contributed by atoms with Gasteiger partial charge in [0, 0.05) is 35.4 Å². The van der Waals surface area contributed by atoms with E-state index in [9.17, 15) is 19.8 Å². The molecule has 1 amide bonds. The summed E-state index contributed by atoms with van der Waals surface area (Å²) >= 11 is 1.18. The number of carboxylic acid groups (broad SMARTS) is 1. The second kappa shape index (κ2) is 7.89. The normalized spacial score (nSPS) is 11.2. The maximum Gasteiger partial charge on any atom is 0.345 e. The van der Waals surface area contributed by atoms with Crippen molar-refractivity contribution < 1.29 is 19.8 Å². The summed E-state index contributed by atoms with van der Waals surface area (Å²) in [5.74, 6) is -1.10. The third-order valence-corrected chi connectivity index (χ3v) is 6.85. The molecule has 2 aromatic carbocycles. The van der Waals surface area contributed by atoms with Gasteiger partial charge in [0.2, 0.25) is 0 Å². The summed E-state index contributed by atoms with van der Waals surface area (Å²) < 4.78 is 4.67. The quantitative estimate of drug-likeness (QED) is 0.343. The van der Waals surface area contributed by atoms with Crippen LogP contribution >= 0.6 is 11.3 Å². The Morgan fingerprint density at radius 1 is 1.03 bits per heavy atom. The zero-order valence-electron chi connectivity index (χ0n) is 18.3. The number of amides is 1. The van der Waals surface area contributed by atoms with Crippen molar-refractivity contribution in [2.24, 2.45) is 5.73 Å². The van der Waals surface area contributed by atoms with Gasteiger partial charge in [-0.15, -0.1) is 11.3 Å². The number of aromatic carboxylic acids is 1. The van der Waals surface area contributed by atoms with Crippen molar-refractivity contribution in [2.45, 2.75) is 13.8 Å². The highest BCUT2D eigenvalue weighted by molar-refractivity contribution is 7.20. The first-order chi connectivity index (χ1) is 16.2. The average molecular weight is 473 g/mol. The number of nitrogens with two attached hydrogens (primary N) is 1. The number of rotatable bonds is 5. The first-order valence-electron chi connectivity index (χ1n) is 10.4. The minimum Gasteiger partial charge on any atom is -0.507 e. The number of phenols is 1. The van der Waals surface area contributed by atoms with Crippen molar-refractivity contribution in [1.29, 1.82) is 0 Å². The molecule has 34 heavy (non-hydrogen) atoms. The molecule has 3 aromatic heterocycles. The summed E-state index contributed by atoms with van der Waals surface area (Å²) in [6.07, 6.45) is 3.65. The molecule has 0 radical (unpaired) electrons. The SMILES string of the molecule is Cc1cc(-n2ccnc2C)ccc1-c1cc2sc(C(=O)O)cc2n1-c1ccc(C(N)=O)c(O)c1. The molecule has 0 bridgehead atoms. The second-order valence-corrected chi connectivity index (χ2v) is 9.02. The lowest BCUT2D eigenvalue weighted by Gasteiger charge is -2.15. The van der Waals surface area contributed by atoms with Crippen LogP contribution in [0, 0.1) is 13.8 Å². The van der Waals surface area contributed by atoms with E-state index in [1.165, 1.54) is 23.5 Å². The van der Waals surface area contributed by atoms with E-state index in [0.29, 0.717) is 11.2 Å². The van der Waals surface area contributed by atoms with Gasteiger partial charge in [-0.1, -0.05) is 6.07 Å². The number of imidazole rings is 1. The first-order valence-corrected chi connectivity index (χ1v) is 11.2. The molecular formula is C25H20N4O4S. The summed E-state index contributed by atoms with van der Waals surface area (Å²) in [4.78, 5) is 27.7. The Bertz CT molecular complexity index is 1610. The van der Waals surface area contributed by atoms with Crippen molar-refractivity contribution in [3.63, 3.8) is 0 Å². The Morgan fingerprint density at radius 3 is 2.41 bits per heavy atom. The molecule has 4 N–H and O–H groups in total. The number of aromatic hydroxyl groups is 1. The number of carboxylic acids is 1. The van der Waals surface area contributed by atoms with E-state index in [1.807, 2.05) is 47.4 Å². The lowest BCUT2D eigenvalue weighted by Crippen LogP contribution is -2.11. The van der Waals surface area contributed by atoms with Crippen molar-refractivity contribution >= 4 is 33.4 Å². The van der Waals surface area contributed by atoms with Gasteiger partial charge in [-0.05, 0) is 55.8 Å². The van der Waals surface area contributed by atoms with E-state index in [1.54, 1.807) is 18.3 Å². The van der Waals surface area contributed by atoms with Gasteiger partial charge in [0.25, 0.3) is 5.91 Å². The Kier molecular flexibility index (Phi) is 4.98. The third kappa shape index (κ3) is 3.43. The molecule has 0 aliphatic heterocycles. The summed E-state index contributed by atoms with van der Waals surface area (Å²) in [7, 11) is 0. The molecule has 8 nitrogen and oxygen atoms in total. The predicted molar refractivity (Wildman–Crippen MR) is 130 cm³/mol. The number of primary amides is 1. The van der Waals surface area contributed by atoms with Gasteiger partial charge >= 0.3 is 5.97 Å². The molecule has 0 atom stereocenters. The monoisotopic (exact) mass is 472 g/mol. The highest BCUT2D eigenvalue weighted by Gasteiger charge is 2.20. The molecule has 0 saturated carbocycles. The molecule has 0 aliphatic carbocycles. The van der Waals surface area contributed by atoms with Crippen molar-refractivity contribution in [3.05, 3.63) is 82.8 Å². The minimum atomic E-state index is -1.00. The Morgan fingerprint density at radius 2 is 1.79 bits per heavy atom. The number of aryl methyl sites for hydroxylation is 2. The van der Waals surface area contributed by atoms with E-state index in [4.69, 9.17) is 5.73 Å². The molecule has 0 saturated heterocycles. The van der Waals surface area contributed by atoms with Crippen LogP contribution in [0.4, 0.5) is 0 Å².